The molecule has 0 aromatic carbocycles. The second-order valence-corrected chi connectivity index (χ2v) is 4.40. The predicted molar refractivity (Wildman–Crippen MR) is 51.8 cm³/mol. The van der Waals surface area contributed by atoms with Crippen LogP contribution in [0.2, 0.25) is 0 Å². The highest BCUT2D eigenvalue weighted by Gasteiger charge is 2.20. The molecule has 2 N–H and O–H groups in total. The van der Waals surface area contributed by atoms with Gasteiger partial charge in [0, 0.05) is 6.04 Å². The molecule has 0 radical (unpaired) electrons. The van der Waals surface area contributed by atoms with E-state index >= 15 is 0 Å². The molecule has 2 fully saturated rings. The summed E-state index contributed by atoms with van der Waals surface area (Å²) >= 11 is 0. The van der Waals surface area contributed by atoms with E-state index in [9.17, 15) is 0 Å². The van der Waals surface area contributed by atoms with Gasteiger partial charge in [-0.15, -0.1) is 0 Å². The number of allylic oxidation sites excluding steroid dienone is 2. The van der Waals surface area contributed by atoms with Gasteiger partial charge in [-0.05, 0) is 50.4 Å². The van der Waals surface area contributed by atoms with Crippen LogP contribution in [0.15, 0.2) is 12.2 Å². The van der Waals surface area contributed by atoms with Crippen molar-refractivity contribution in [3.8, 4) is 0 Å². The Morgan fingerprint density at radius 1 is 0.750 bits per heavy atom. The summed E-state index contributed by atoms with van der Waals surface area (Å²) in [5.41, 5.74) is 5.84. The van der Waals surface area contributed by atoms with Crippen LogP contribution in [0.1, 0.15) is 38.5 Å². The van der Waals surface area contributed by atoms with Crippen molar-refractivity contribution in [2.75, 3.05) is 0 Å². The molecule has 0 spiro atoms. The summed E-state index contributed by atoms with van der Waals surface area (Å²) < 4.78 is 0. The zero-order chi connectivity index (χ0) is 8.39. The van der Waals surface area contributed by atoms with Gasteiger partial charge >= 0.3 is 0 Å². The van der Waals surface area contributed by atoms with Crippen LogP contribution >= 0.6 is 0 Å². The highest BCUT2D eigenvalue weighted by atomic mass is 14.6. The third-order valence-electron chi connectivity index (χ3n) is 3.09. The monoisotopic (exact) mass is 165 g/mol. The van der Waals surface area contributed by atoms with Gasteiger partial charge < -0.3 is 5.73 Å². The average molecular weight is 165 g/mol. The maximum absolute atomic E-state index is 5.84. The Bertz CT molecular complexity index is 162. The van der Waals surface area contributed by atoms with Crippen LogP contribution in [0.4, 0.5) is 0 Å². The SMILES string of the molecule is NC1CCC(/C=C/C2CC2)CC1. The van der Waals surface area contributed by atoms with Gasteiger partial charge in [0.15, 0.2) is 0 Å². The molecule has 1 nitrogen and oxygen atoms in total. The first-order valence-corrected chi connectivity index (χ1v) is 5.28. The van der Waals surface area contributed by atoms with E-state index in [1.54, 1.807) is 0 Å². The Balaban J connectivity index is 1.73. The summed E-state index contributed by atoms with van der Waals surface area (Å²) in [5, 5.41) is 0. The number of hydrogen-bond donors (Lipinski definition) is 1. The lowest BCUT2D eigenvalue weighted by Crippen LogP contribution is -2.25. The number of rotatable bonds is 2. The van der Waals surface area contributed by atoms with E-state index in [1.165, 1.54) is 38.5 Å². The molecule has 2 rings (SSSR count). The quantitative estimate of drug-likeness (QED) is 0.625. The minimum absolute atomic E-state index is 0.496. The molecule has 0 aromatic heterocycles. The molecule has 0 aromatic rings. The summed E-state index contributed by atoms with van der Waals surface area (Å²) in [4.78, 5) is 0. The predicted octanol–water partition coefficient (Wildman–Crippen LogP) is 2.47. The standard InChI is InChI=1S/C11H19N/c12-11-7-5-10(6-8-11)4-3-9-1-2-9/h3-4,9-11H,1-2,5-8,12H2/b4-3+. The first kappa shape index (κ1) is 8.31. The third-order valence-corrected chi connectivity index (χ3v) is 3.09. The lowest BCUT2D eigenvalue weighted by atomic mass is 9.86. The zero-order valence-corrected chi connectivity index (χ0v) is 7.71. The van der Waals surface area contributed by atoms with Crippen LogP contribution in [0.3, 0.4) is 0 Å². The maximum atomic E-state index is 5.84. The van der Waals surface area contributed by atoms with E-state index in [-0.39, 0.29) is 0 Å². The van der Waals surface area contributed by atoms with Crippen molar-refractivity contribution in [2.45, 2.75) is 44.6 Å². The van der Waals surface area contributed by atoms with E-state index in [2.05, 4.69) is 12.2 Å². The molecule has 68 valence electrons. The molecule has 0 aliphatic heterocycles. The molecule has 0 amide bonds. The van der Waals surface area contributed by atoms with Gasteiger partial charge in [-0.1, -0.05) is 12.2 Å². The van der Waals surface area contributed by atoms with Crippen molar-refractivity contribution < 1.29 is 0 Å². The normalized spacial score (nSPS) is 37.4. The fraction of sp³-hybridized carbons (Fsp3) is 0.818. The lowest BCUT2D eigenvalue weighted by Gasteiger charge is -2.23. The van der Waals surface area contributed by atoms with E-state index in [0.29, 0.717) is 6.04 Å². The van der Waals surface area contributed by atoms with Crippen molar-refractivity contribution in [3.63, 3.8) is 0 Å². The fourth-order valence-corrected chi connectivity index (χ4v) is 1.94. The van der Waals surface area contributed by atoms with Crippen molar-refractivity contribution in [3.05, 3.63) is 12.2 Å². The van der Waals surface area contributed by atoms with Crippen molar-refractivity contribution in [1.82, 2.24) is 0 Å². The van der Waals surface area contributed by atoms with Crippen molar-refractivity contribution in [1.29, 1.82) is 0 Å². The largest absolute Gasteiger partial charge is 0.328 e. The molecule has 0 bridgehead atoms. The third kappa shape index (κ3) is 2.34. The molecule has 1 heteroatoms. The van der Waals surface area contributed by atoms with E-state index in [1.807, 2.05) is 0 Å². The topological polar surface area (TPSA) is 26.0 Å². The fourth-order valence-electron chi connectivity index (χ4n) is 1.94. The first-order chi connectivity index (χ1) is 5.84. The van der Waals surface area contributed by atoms with E-state index in [0.717, 1.165) is 11.8 Å². The number of nitrogens with two attached hydrogens (primary N) is 1. The molecule has 0 heterocycles. The molecular weight excluding hydrogens is 146 g/mol. The van der Waals surface area contributed by atoms with Crippen molar-refractivity contribution >= 4 is 0 Å². The maximum Gasteiger partial charge on any atom is 0.00392 e. The highest BCUT2D eigenvalue weighted by molar-refractivity contribution is 4.99. The zero-order valence-electron chi connectivity index (χ0n) is 7.71. The van der Waals surface area contributed by atoms with Gasteiger partial charge in [0.05, 0.1) is 0 Å². The van der Waals surface area contributed by atoms with E-state index < -0.39 is 0 Å². The van der Waals surface area contributed by atoms with Crippen LogP contribution in [-0.2, 0) is 0 Å². The van der Waals surface area contributed by atoms with Gasteiger partial charge in [0.2, 0.25) is 0 Å². The first-order valence-electron chi connectivity index (χ1n) is 5.28. The molecule has 0 saturated heterocycles. The molecule has 2 aliphatic carbocycles. The van der Waals surface area contributed by atoms with Gasteiger partial charge in [-0.2, -0.15) is 0 Å². The smallest absolute Gasteiger partial charge is 0.00392 e. The number of hydrogen-bond acceptors (Lipinski definition) is 1. The highest BCUT2D eigenvalue weighted by Crippen LogP contribution is 2.32. The Hall–Kier alpha value is -0.300. The second kappa shape index (κ2) is 3.61. The molecule has 0 atom stereocenters. The molecule has 0 unspecified atom stereocenters. The van der Waals surface area contributed by atoms with Gasteiger partial charge in [0.25, 0.3) is 0 Å². The minimum Gasteiger partial charge on any atom is -0.328 e. The summed E-state index contributed by atoms with van der Waals surface area (Å²) in [7, 11) is 0. The summed E-state index contributed by atoms with van der Waals surface area (Å²) in [6, 6.07) is 0.496. The van der Waals surface area contributed by atoms with Crippen LogP contribution < -0.4 is 5.73 Å². The Morgan fingerprint density at radius 3 is 1.58 bits per heavy atom. The second-order valence-electron chi connectivity index (χ2n) is 4.40. The summed E-state index contributed by atoms with van der Waals surface area (Å²) in [5.74, 6) is 1.80. The minimum atomic E-state index is 0.496. The van der Waals surface area contributed by atoms with Crippen molar-refractivity contribution in [2.24, 2.45) is 17.6 Å². The van der Waals surface area contributed by atoms with Crippen LogP contribution in [0.5, 0.6) is 0 Å². The molecule has 12 heavy (non-hydrogen) atoms. The van der Waals surface area contributed by atoms with Gasteiger partial charge in [-0.25, -0.2) is 0 Å². The van der Waals surface area contributed by atoms with E-state index in [4.69, 9.17) is 5.73 Å². The molecule has 2 saturated carbocycles. The van der Waals surface area contributed by atoms with Gasteiger partial charge in [-0.3, -0.25) is 0 Å². The lowest BCUT2D eigenvalue weighted by molar-refractivity contribution is 0.375. The van der Waals surface area contributed by atoms with Crippen LogP contribution in [0.25, 0.3) is 0 Å². The average Bonchev–Trinajstić information content (AvgIpc) is 2.87. The summed E-state index contributed by atoms with van der Waals surface area (Å²) in [6.07, 6.45) is 12.9. The molecular formula is C11H19N. The Labute approximate surface area is 75.0 Å². The summed E-state index contributed by atoms with van der Waals surface area (Å²) in [6.45, 7) is 0. The van der Waals surface area contributed by atoms with Gasteiger partial charge in [0.1, 0.15) is 0 Å². The van der Waals surface area contributed by atoms with Crippen LogP contribution in [0, 0.1) is 11.8 Å². The Kier molecular flexibility index (Phi) is 2.50. The molecule has 2 aliphatic rings. The Morgan fingerprint density at radius 2 is 1.17 bits per heavy atom. The van der Waals surface area contributed by atoms with Crippen LogP contribution in [-0.4, -0.2) is 6.04 Å².